The van der Waals surface area contributed by atoms with Gasteiger partial charge in [0.1, 0.15) is 18.0 Å². The zero-order valence-corrected chi connectivity index (χ0v) is 17.4. The van der Waals surface area contributed by atoms with Crippen LogP contribution in [0.4, 0.5) is 18.9 Å². The van der Waals surface area contributed by atoms with E-state index in [1.807, 2.05) is 0 Å². The van der Waals surface area contributed by atoms with Crippen molar-refractivity contribution in [2.24, 2.45) is 0 Å². The van der Waals surface area contributed by atoms with Crippen LogP contribution in [0.1, 0.15) is 22.8 Å². The summed E-state index contributed by atoms with van der Waals surface area (Å²) in [5.41, 5.74) is -0.867. The number of carbonyl (C=O) groups is 3. The van der Waals surface area contributed by atoms with Crippen LogP contribution in [0.2, 0.25) is 0 Å². The molecule has 1 atom stereocenters. The molecule has 2 N–H and O–H groups in total. The maximum atomic E-state index is 12.8. The van der Waals surface area contributed by atoms with Crippen LogP contribution in [-0.2, 0) is 20.5 Å². The maximum Gasteiger partial charge on any atom is 0.416 e. The van der Waals surface area contributed by atoms with Crippen molar-refractivity contribution in [1.29, 1.82) is 0 Å². The summed E-state index contributed by atoms with van der Waals surface area (Å²) in [6.45, 7) is 0.703. The first kappa shape index (κ1) is 24.5. The van der Waals surface area contributed by atoms with Crippen molar-refractivity contribution in [3.05, 3.63) is 53.6 Å². The Kier molecular flexibility index (Phi) is 8.05. The SMILES string of the molecule is COc1cc(OC)cc(C(=O)NCC(=O)O[C@H](C)C(=O)Nc2cccc(C(F)(F)F)c2)c1. The molecule has 0 saturated heterocycles. The van der Waals surface area contributed by atoms with Gasteiger partial charge in [0.2, 0.25) is 0 Å². The third-order valence-electron chi connectivity index (χ3n) is 4.14. The number of halogens is 3. The summed E-state index contributed by atoms with van der Waals surface area (Å²) < 4.78 is 53.3. The summed E-state index contributed by atoms with van der Waals surface area (Å²) in [5, 5.41) is 4.58. The van der Waals surface area contributed by atoms with E-state index in [9.17, 15) is 27.6 Å². The Hall–Kier alpha value is -3.76. The molecular formula is C21H21F3N2O6. The lowest BCUT2D eigenvalue weighted by atomic mass is 10.2. The van der Waals surface area contributed by atoms with Crippen molar-refractivity contribution < 1.29 is 41.8 Å². The molecule has 32 heavy (non-hydrogen) atoms. The van der Waals surface area contributed by atoms with E-state index >= 15 is 0 Å². The number of anilines is 1. The number of hydrogen-bond donors (Lipinski definition) is 2. The van der Waals surface area contributed by atoms with Crippen molar-refractivity contribution in [2.45, 2.75) is 19.2 Å². The van der Waals surface area contributed by atoms with E-state index in [1.165, 1.54) is 39.3 Å². The Morgan fingerprint density at radius 3 is 2.19 bits per heavy atom. The summed E-state index contributed by atoms with van der Waals surface area (Å²) >= 11 is 0. The van der Waals surface area contributed by atoms with Crippen LogP contribution in [0.25, 0.3) is 0 Å². The fraction of sp³-hybridized carbons (Fsp3) is 0.286. The van der Waals surface area contributed by atoms with Crippen LogP contribution in [-0.4, -0.2) is 44.7 Å². The van der Waals surface area contributed by atoms with Gasteiger partial charge in [-0.15, -0.1) is 0 Å². The number of carbonyl (C=O) groups excluding carboxylic acids is 3. The number of hydrogen-bond acceptors (Lipinski definition) is 6. The molecule has 0 aliphatic carbocycles. The van der Waals surface area contributed by atoms with Gasteiger partial charge in [-0.25, -0.2) is 0 Å². The van der Waals surface area contributed by atoms with Gasteiger partial charge in [-0.05, 0) is 37.3 Å². The van der Waals surface area contributed by atoms with E-state index in [-0.39, 0.29) is 11.3 Å². The monoisotopic (exact) mass is 454 g/mol. The second-order valence-corrected chi connectivity index (χ2v) is 6.48. The van der Waals surface area contributed by atoms with Crippen molar-refractivity contribution in [2.75, 3.05) is 26.1 Å². The molecule has 0 unspecified atom stereocenters. The van der Waals surface area contributed by atoms with Crippen LogP contribution in [0.3, 0.4) is 0 Å². The lowest BCUT2D eigenvalue weighted by Gasteiger charge is -2.15. The zero-order chi connectivity index (χ0) is 23.9. The normalized spacial score (nSPS) is 11.8. The number of amides is 2. The molecule has 11 heteroatoms. The first-order valence-corrected chi connectivity index (χ1v) is 9.22. The molecule has 2 rings (SSSR count). The average Bonchev–Trinajstić information content (AvgIpc) is 2.76. The quantitative estimate of drug-likeness (QED) is 0.595. The average molecular weight is 454 g/mol. The molecule has 0 heterocycles. The van der Waals surface area contributed by atoms with Gasteiger partial charge in [0.05, 0.1) is 19.8 Å². The Balaban J connectivity index is 1.90. The highest BCUT2D eigenvalue weighted by Crippen LogP contribution is 2.30. The Morgan fingerprint density at radius 1 is 1.00 bits per heavy atom. The van der Waals surface area contributed by atoms with Gasteiger partial charge < -0.3 is 24.8 Å². The van der Waals surface area contributed by atoms with E-state index in [0.29, 0.717) is 11.5 Å². The van der Waals surface area contributed by atoms with Gasteiger partial charge >= 0.3 is 12.1 Å². The van der Waals surface area contributed by atoms with Crippen molar-refractivity contribution >= 4 is 23.5 Å². The van der Waals surface area contributed by atoms with Crippen LogP contribution >= 0.6 is 0 Å². The smallest absolute Gasteiger partial charge is 0.416 e. The highest BCUT2D eigenvalue weighted by molar-refractivity contribution is 5.98. The molecule has 0 bridgehead atoms. The Labute approximate surface area is 181 Å². The first-order valence-electron chi connectivity index (χ1n) is 9.22. The number of esters is 1. The zero-order valence-electron chi connectivity index (χ0n) is 17.4. The fourth-order valence-electron chi connectivity index (χ4n) is 2.50. The highest BCUT2D eigenvalue weighted by atomic mass is 19.4. The largest absolute Gasteiger partial charge is 0.497 e. The molecule has 0 aliphatic rings. The molecular weight excluding hydrogens is 433 g/mol. The molecule has 0 fully saturated rings. The van der Waals surface area contributed by atoms with Crippen LogP contribution < -0.4 is 20.1 Å². The summed E-state index contributed by atoms with van der Waals surface area (Å²) in [6.07, 6.45) is -5.88. The standard InChI is InChI=1S/C21H21F3N2O6/c1-12(19(28)26-15-6-4-5-14(9-15)21(22,23)24)32-18(27)11-25-20(29)13-7-16(30-2)10-17(8-13)31-3/h4-10,12H,11H2,1-3H3,(H,25,29)(H,26,28)/t12-/m1/s1. The summed E-state index contributed by atoms with van der Waals surface area (Å²) in [4.78, 5) is 36.3. The van der Waals surface area contributed by atoms with Gasteiger partial charge in [0.15, 0.2) is 6.10 Å². The number of rotatable bonds is 8. The second kappa shape index (κ2) is 10.5. The van der Waals surface area contributed by atoms with E-state index in [1.54, 1.807) is 6.07 Å². The summed E-state index contributed by atoms with van der Waals surface area (Å²) in [6, 6.07) is 8.47. The topological polar surface area (TPSA) is 103 Å². The molecule has 0 spiro atoms. The van der Waals surface area contributed by atoms with Gasteiger partial charge in [0.25, 0.3) is 11.8 Å². The molecule has 172 valence electrons. The van der Waals surface area contributed by atoms with Crippen LogP contribution in [0.5, 0.6) is 11.5 Å². The molecule has 2 amide bonds. The number of benzene rings is 2. The van der Waals surface area contributed by atoms with Crippen molar-refractivity contribution in [3.63, 3.8) is 0 Å². The molecule has 2 aromatic carbocycles. The van der Waals surface area contributed by atoms with Gasteiger partial charge in [0, 0.05) is 17.3 Å². The Bertz CT molecular complexity index is 971. The molecule has 0 aliphatic heterocycles. The summed E-state index contributed by atoms with van der Waals surface area (Å²) in [7, 11) is 2.83. The number of methoxy groups -OCH3 is 2. The van der Waals surface area contributed by atoms with Crippen LogP contribution in [0, 0.1) is 0 Å². The number of ether oxygens (including phenoxy) is 3. The van der Waals surface area contributed by atoms with E-state index in [4.69, 9.17) is 14.2 Å². The summed E-state index contributed by atoms with van der Waals surface area (Å²) in [5.74, 6) is -1.62. The van der Waals surface area contributed by atoms with Gasteiger partial charge in [-0.2, -0.15) is 13.2 Å². The van der Waals surface area contributed by atoms with E-state index < -0.39 is 42.2 Å². The van der Waals surface area contributed by atoms with Gasteiger partial charge in [-0.1, -0.05) is 6.07 Å². The molecule has 0 radical (unpaired) electrons. The minimum Gasteiger partial charge on any atom is -0.497 e. The fourth-order valence-corrected chi connectivity index (χ4v) is 2.50. The van der Waals surface area contributed by atoms with E-state index in [0.717, 1.165) is 18.2 Å². The minimum atomic E-state index is -4.57. The predicted octanol–water partition coefficient (Wildman–Crippen LogP) is 3.02. The Morgan fingerprint density at radius 2 is 1.62 bits per heavy atom. The van der Waals surface area contributed by atoms with Crippen LogP contribution in [0.15, 0.2) is 42.5 Å². The number of alkyl halides is 3. The van der Waals surface area contributed by atoms with E-state index in [2.05, 4.69) is 10.6 Å². The highest BCUT2D eigenvalue weighted by Gasteiger charge is 2.30. The lowest BCUT2D eigenvalue weighted by molar-refractivity contribution is -0.152. The molecule has 8 nitrogen and oxygen atoms in total. The number of nitrogens with one attached hydrogen (secondary N) is 2. The lowest BCUT2D eigenvalue weighted by Crippen LogP contribution is -2.35. The molecule has 0 saturated carbocycles. The third-order valence-corrected chi connectivity index (χ3v) is 4.14. The van der Waals surface area contributed by atoms with Gasteiger partial charge in [-0.3, -0.25) is 14.4 Å². The van der Waals surface area contributed by atoms with Crippen molar-refractivity contribution in [3.8, 4) is 11.5 Å². The second-order valence-electron chi connectivity index (χ2n) is 6.48. The minimum absolute atomic E-state index is 0.104. The molecule has 0 aromatic heterocycles. The first-order chi connectivity index (χ1) is 15.0. The maximum absolute atomic E-state index is 12.8. The molecule has 2 aromatic rings. The van der Waals surface area contributed by atoms with Crippen molar-refractivity contribution in [1.82, 2.24) is 5.32 Å². The third kappa shape index (κ3) is 6.89. The predicted molar refractivity (Wildman–Crippen MR) is 108 cm³/mol.